The highest BCUT2D eigenvalue weighted by Gasteiger charge is 2.26. The first kappa shape index (κ1) is 14.3. The van der Waals surface area contributed by atoms with Crippen molar-refractivity contribution in [3.8, 4) is 6.07 Å². The van der Waals surface area contributed by atoms with Crippen molar-refractivity contribution in [1.29, 1.82) is 5.26 Å². The number of sulfonamides is 1. The Balaban J connectivity index is 1.84. The van der Waals surface area contributed by atoms with Crippen LogP contribution in [0.3, 0.4) is 0 Å². The minimum absolute atomic E-state index is 0.447. The maximum atomic E-state index is 11.5. The summed E-state index contributed by atoms with van der Waals surface area (Å²) in [5.41, 5.74) is 2.88. The van der Waals surface area contributed by atoms with Crippen molar-refractivity contribution in [3.63, 3.8) is 0 Å². The molecule has 112 valence electrons. The predicted octanol–water partition coefficient (Wildman–Crippen LogP) is 0.524. The zero-order valence-electron chi connectivity index (χ0n) is 12.0. The van der Waals surface area contributed by atoms with Crippen molar-refractivity contribution in [2.45, 2.75) is 19.3 Å². The van der Waals surface area contributed by atoms with E-state index in [4.69, 9.17) is 0 Å². The van der Waals surface area contributed by atoms with Crippen LogP contribution in [0.1, 0.15) is 23.2 Å². The van der Waals surface area contributed by atoms with Gasteiger partial charge in [0.25, 0.3) is 0 Å². The Kier molecular flexibility index (Phi) is 3.59. The Morgan fingerprint density at radius 1 is 1.24 bits per heavy atom. The lowest BCUT2D eigenvalue weighted by Crippen LogP contribution is -2.48. The fraction of sp³-hybridized carbons (Fsp3) is 0.571. The molecule has 21 heavy (non-hydrogen) atoms. The lowest BCUT2D eigenvalue weighted by atomic mass is 10.1. The van der Waals surface area contributed by atoms with Crippen molar-refractivity contribution >= 4 is 15.8 Å². The van der Waals surface area contributed by atoms with Gasteiger partial charge >= 0.3 is 0 Å². The van der Waals surface area contributed by atoms with Crippen molar-refractivity contribution < 1.29 is 8.42 Å². The van der Waals surface area contributed by atoms with E-state index in [-0.39, 0.29) is 0 Å². The fourth-order valence-electron chi connectivity index (χ4n) is 3.02. The zero-order chi connectivity index (χ0) is 15.0. The molecule has 0 unspecified atom stereocenters. The number of nitrogens with zero attached hydrogens (tertiary/aromatic N) is 4. The molecular weight excluding hydrogens is 288 g/mol. The van der Waals surface area contributed by atoms with E-state index in [1.807, 2.05) is 11.0 Å². The SMILES string of the molecule is CS(=O)(=O)N1CCN(c2nc3c(cc2C#N)CCC3)CC1. The number of piperazine rings is 1. The van der Waals surface area contributed by atoms with Gasteiger partial charge in [0.15, 0.2) is 0 Å². The van der Waals surface area contributed by atoms with Gasteiger partial charge in [0, 0.05) is 31.9 Å². The van der Waals surface area contributed by atoms with E-state index in [9.17, 15) is 13.7 Å². The molecule has 1 aromatic heterocycles. The largest absolute Gasteiger partial charge is 0.353 e. The van der Waals surface area contributed by atoms with Crippen molar-refractivity contribution in [2.75, 3.05) is 37.3 Å². The first-order chi connectivity index (χ1) is 9.99. The van der Waals surface area contributed by atoms with E-state index in [1.165, 1.54) is 16.1 Å². The highest BCUT2D eigenvalue weighted by atomic mass is 32.2. The molecule has 7 heteroatoms. The van der Waals surface area contributed by atoms with Crippen LogP contribution in [0.4, 0.5) is 5.82 Å². The topological polar surface area (TPSA) is 77.3 Å². The third-order valence-corrected chi connectivity index (χ3v) is 5.46. The molecule has 0 N–H and O–H groups in total. The summed E-state index contributed by atoms with van der Waals surface area (Å²) in [6.07, 6.45) is 4.30. The predicted molar refractivity (Wildman–Crippen MR) is 79.6 cm³/mol. The van der Waals surface area contributed by atoms with E-state index < -0.39 is 10.0 Å². The van der Waals surface area contributed by atoms with E-state index >= 15 is 0 Å². The van der Waals surface area contributed by atoms with E-state index in [2.05, 4.69) is 11.1 Å². The standard InChI is InChI=1S/C14H18N4O2S/c1-21(19,20)18-7-5-17(6-8-18)14-12(10-15)9-11-3-2-4-13(11)16-14/h9H,2-8H2,1H3. The Bertz CT molecular complexity index is 700. The molecule has 3 rings (SSSR count). The third kappa shape index (κ3) is 2.74. The van der Waals surface area contributed by atoms with Gasteiger partial charge in [-0.25, -0.2) is 13.4 Å². The number of pyridine rings is 1. The molecule has 1 saturated heterocycles. The van der Waals surface area contributed by atoms with Crippen LogP contribution in [0.25, 0.3) is 0 Å². The lowest BCUT2D eigenvalue weighted by Gasteiger charge is -2.34. The number of rotatable bonds is 2. The number of hydrogen-bond acceptors (Lipinski definition) is 5. The molecule has 0 spiro atoms. The molecule has 0 saturated carbocycles. The van der Waals surface area contributed by atoms with Crippen molar-refractivity contribution in [3.05, 3.63) is 22.9 Å². The van der Waals surface area contributed by atoms with Crippen molar-refractivity contribution in [2.24, 2.45) is 0 Å². The minimum atomic E-state index is -3.14. The molecule has 2 aliphatic rings. The second kappa shape index (κ2) is 5.28. The number of anilines is 1. The van der Waals surface area contributed by atoms with Crippen LogP contribution in [0.5, 0.6) is 0 Å². The van der Waals surface area contributed by atoms with E-state index in [0.717, 1.165) is 25.0 Å². The fourth-order valence-corrected chi connectivity index (χ4v) is 3.84. The molecule has 0 amide bonds. The van der Waals surface area contributed by atoms with Crippen LogP contribution in [-0.4, -0.2) is 50.1 Å². The molecule has 1 aromatic rings. The molecule has 6 nitrogen and oxygen atoms in total. The summed E-state index contributed by atoms with van der Waals surface area (Å²) in [6, 6.07) is 4.18. The maximum absolute atomic E-state index is 11.5. The van der Waals surface area contributed by atoms with E-state index in [0.29, 0.717) is 37.6 Å². The monoisotopic (exact) mass is 306 g/mol. The van der Waals surface area contributed by atoms with E-state index in [1.54, 1.807) is 0 Å². The number of aryl methyl sites for hydroxylation is 2. The Labute approximate surface area is 125 Å². The molecule has 1 aliphatic heterocycles. The number of nitriles is 1. The molecule has 0 radical (unpaired) electrons. The van der Waals surface area contributed by atoms with Gasteiger partial charge in [-0.1, -0.05) is 0 Å². The lowest BCUT2D eigenvalue weighted by molar-refractivity contribution is 0.387. The first-order valence-corrected chi connectivity index (χ1v) is 8.97. The summed E-state index contributed by atoms with van der Waals surface area (Å²) in [7, 11) is -3.14. The van der Waals surface area contributed by atoms with Gasteiger partial charge in [-0.05, 0) is 30.9 Å². The first-order valence-electron chi connectivity index (χ1n) is 7.12. The Hall–Kier alpha value is -1.65. The van der Waals surface area contributed by atoms with Gasteiger partial charge in [0.1, 0.15) is 11.9 Å². The summed E-state index contributed by atoms with van der Waals surface area (Å²) < 4.78 is 24.6. The summed E-state index contributed by atoms with van der Waals surface area (Å²) in [4.78, 5) is 6.70. The number of aromatic nitrogens is 1. The summed E-state index contributed by atoms with van der Waals surface area (Å²) >= 11 is 0. The zero-order valence-corrected chi connectivity index (χ0v) is 12.9. The molecule has 0 bridgehead atoms. The number of hydrogen-bond donors (Lipinski definition) is 0. The summed E-state index contributed by atoms with van der Waals surface area (Å²) in [6.45, 7) is 2.05. The average Bonchev–Trinajstić information content (AvgIpc) is 2.92. The normalized spacial score (nSPS) is 19.3. The molecule has 0 aromatic carbocycles. The molecule has 2 heterocycles. The molecule has 1 aliphatic carbocycles. The highest BCUT2D eigenvalue weighted by Crippen LogP contribution is 2.27. The smallest absolute Gasteiger partial charge is 0.211 e. The Morgan fingerprint density at radius 2 is 1.95 bits per heavy atom. The van der Waals surface area contributed by atoms with Crippen LogP contribution in [0.2, 0.25) is 0 Å². The second-order valence-electron chi connectivity index (χ2n) is 5.58. The van der Waals surface area contributed by atoms with Gasteiger partial charge in [0.2, 0.25) is 10.0 Å². The number of fused-ring (bicyclic) bond motifs is 1. The molecule has 1 fully saturated rings. The van der Waals surface area contributed by atoms with Crippen LogP contribution in [0, 0.1) is 11.3 Å². The average molecular weight is 306 g/mol. The third-order valence-electron chi connectivity index (χ3n) is 4.16. The van der Waals surface area contributed by atoms with Crippen LogP contribution in [-0.2, 0) is 22.9 Å². The van der Waals surface area contributed by atoms with Gasteiger partial charge in [-0.15, -0.1) is 0 Å². The van der Waals surface area contributed by atoms with Gasteiger partial charge in [-0.2, -0.15) is 9.57 Å². The quantitative estimate of drug-likeness (QED) is 0.796. The second-order valence-corrected chi connectivity index (χ2v) is 7.56. The van der Waals surface area contributed by atoms with Crippen LogP contribution < -0.4 is 4.90 Å². The van der Waals surface area contributed by atoms with Gasteiger partial charge < -0.3 is 4.90 Å². The van der Waals surface area contributed by atoms with Crippen LogP contribution >= 0.6 is 0 Å². The highest BCUT2D eigenvalue weighted by molar-refractivity contribution is 7.88. The minimum Gasteiger partial charge on any atom is -0.353 e. The Morgan fingerprint density at radius 3 is 2.57 bits per heavy atom. The van der Waals surface area contributed by atoms with Crippen LogP contribution in [0.15, 0.2) is 6.07 Å². The van der Waals surface area contributed by atoms with Gasteiger partial charge in [-0.3, -0.25) is 0 Å². The molecule has 0 atom stereocenters. The maximum Gasteiger partial charge on any atom is 0.211 e. The summed E-state index contributed by atoms with van der Waals surface area (Å²) in [5, 5.41) is 9.34. The van der Waals surface area contributed by atoms with Crippen molar-refractivity contribution in [1.82, 2.24) is 9.29 Å². The summed E-state index contributed by atoms with van der Waals surface area (Å²) in [5.74, 6) is 0.714. The van der Waals surface area contributed by atoms with Gasteiger partial charge in [0.05, 0.1) is 11.8 Å². The molecular formula is C14H18N4O2S.